The molecule has 1 aromatic carbocycles. The minimum absolute atomic E-state index is 0.00528. The fraction of sp³-hybridized carbons (Fsp3) is 0.533. The van der Waals surface area contributed by atoms with Crippen LogP contribution in [0, 0.1) is 5.41 Å². The Hall–Kier alpha value is -1.30. The van der Waals surface area contributed by atoms with E-state index in [0.29, 0.717) is 11.6 Å². The average molecular weight is 314 g/mol. The summed E-state index contributed by atoms with van der Waals surface area (Å²) in [4.78, 5) is 10.9. The van der Waals surface area contributed by atoms with Crippen LogP contribution in [0.5, 0.6) is 0 Å². The van der Waals surface area contributed by atoms with Crippen LogP contribution in [0.25, 0.3) is 0 Å². The van der Waals surface area contributed by atoms with E-state index in [4.69, 9.17) is 31.5 Å². The summed E-state index contributed by atoms with van der Waals surface area (Å²) in [5, 5.41) is 0.675. The lowest BCUT2D eigenvalue weighted by molar-refractivity contribution is -0.0429. The van der Waals surface area contributed by atoms with Crippen LogP contribution in [-0.4, -0.2) is 32.7 Å². The minimum Gasteiger partial charge on any atom is -0.446 e. The smallest absolute Gasteiger partial charge is 0.404 e. The molecule has 5 nitrogen and oxygen atoms in total. The van der Waals surface area contributed by atoms with E-state index in [0.717, 1.165) is 12.0 Å². The van der Waals surface area contributed by atoms with Crippen LogP contribution in [-0.2, 0) is 14.2 Å². The standard InChI is InChI=1S/C15H20ClNO4/c1-15(7-13(15)21-14(17)18)11(8-20-9-19-2)10-5-3-4-6-12(10)16/h3-6,11,13H,7-9H2,1-2H3,(H2,17,18)/t11-,13?,15?/m1/s1. The van der Waals surface area contributed by atoms with Gasteiger partial charge in [-0.25, -0.2) is 4.79 Å². The molecule has 0 saturated heterocycles. The first-order valence-corrected chi connectivity index (χ1v) is 7.14. The van der Waals surface area contributed by atoms with Crippen molar-refractivity contribution in [2.24, 2.45) is 11.1 Å². The Balaban J connectivity index is 2.17. The van der Waals surface area contributed by atoms with Crippen LogP contribution in [0.3, 0.4) is 0 Å². The number of methoxy groups -OCH3 is 1. The van der Waals surface area contributed by atoms with Crippen LogP contribution in [0.15, 0.2) is 24.3 Å². The van der Waals surface area contributed by atoms with Crippen molar-refractivity contribution in [1.29, 1.82) is 0 Å². The molecule has 2 rings (SSSR count). The molecule has 6 heteroatoms. The molecule has 1 aliphatic rings. The molecule has 0 heterocycles. The molecule has 116 valence electrons. The molecule has 0 spiro atoms. The molecule has 2 N–H and O–H groups in total. The minimum atomic E-state index is -0.751. The van der Waals surface area contributed by atoms with Gasteiger partial charge >= 0.3 is 6.09 Å². The second-order valence-electron chi connectivity index (χ2n) is 5.49. The van der Waals surface area contributed by atoms with E-state index in [1.807, 2.05) is 31.2 Å². The second kappa shape index (κ2) is 6.64. The Kier molecular flexibility index (Phi) is 5.08. The van der Waals surface area contributed by atoms with Gasteiger partial charge in [0, 0.05) is 23.5 Å². The van der Waals surface area contributed by atoms with E-state index < -0.39 is 6.09 Å². The van der Waals surface area contributed by atoms with Gasteiger partial charge in [0.15, 0.2) is 0 Å². The Morgan fingerprint density at radius 2 is 2.24 bits per heavy atom. The quantitative estimate of drug-likeness (QED) is 0.620. The summed E-state index contributed by atoms with van der Waals surface area (Å²) in [5.74, 6) is 0.00528. The first-order valence-electron chi connectivity index (χ1n) is 6.76. The number of carbonyl (C=O) groups is 1. The van der Waals surface area contributed by atoms with Gasteiger partial charge < -0.3 is 19.9 Å². The number of hydrogen-bond acceptors (Lipinski definition) is 4. The molecule has 0 aromatic heterocycles. The van der Waals surface area contributed by atoms with Crippen LogP contribution < -0.4 is 5.73 Å². The van der Waals surface area contributed by atoms with Crippen molar-refractivity contribution in [3.8, 4) is 0 Å². The topological polar surface area (TPSA) is 70.8 Å². The highest BCUT2D eigenvalue weighted by Gasteiger charge is 2.58. The molecule has 0 bridgehead atoms. The zero-order valence-electron chi connectivity index (χ0n) is 12.2. The van der Waals surface area contributed by atoms with Gasteiger partial charge in [-0.15, -0.1) is 0 Å². The molecule has 0 radical (unpaired) electrons. The van der Waals surface area contributed by atoms with Gasteiger partial charge in [-0.05, 0) is 18.1 Å². The molecule has 21 heavy (non-hydrogen) atoms. The maximum absolute atomic E-state index is 10.9. The fourth-order valence-electron chi connectivity index (χ4n) is 2.67. The van der Waals surface area contributed by atoms with Crippen LogP contribution >= 0.6 is 11.6 Å². The van der Waals surface area contributed by atoms with Gasteiger partial charge in [0.1, 0.15) is 12.9 Å². The summed E-state index contributed by atoms with van der Waals surface area (Å²) in [6, 6.07) is 7.62. The van der Waals surface area contributed by atoms with Gasteiger partial charge in [-0.2, -0.15) is 0 Å². The number of rotatable bonds is 7. The number of amides is 1. The lowest BCUT2D eigenvalue weighted by Crippen LogP contribution is -2.25. The van der Waals surface area contributed by atoms with Crippen molar-refractivity contribution in [3.05, 3.63) is 34.9 Å². The highest BCUT2D eigenvalue weighted by atomic mass is 35.5. The third kappa shape index (κ3) is 3.67. The van der Waals surface area contributed by atoms with Crippen molar-refractivity contribution in [2.75, 3.05) is 20.5 Å². The van der Waals surface area contributed by atoms with E-state index in [-0.39, 0.29) is 24.2 Å². The van der Waals surface area contributed by atoms with Crippen molar-refractivity contribution in [1.82, 2.24) is 0 Å². The highest BCUT2D eigenvalue weighted by molar-refractivity contribution is 6.31. The van der Waals surface area contributed by atoms with E-state index >= 15 is 0 Å². The molecule has 1 amide bonds. The van der Waals surface area contributed by atoms with E-state index in [2.05, 4.69) is 0 Å². The van der Waals surface area contributed by atoms with Crippen molar-refractivity contribution >= 4 is 17.7 Å². The Morgan fingerprint density at radius 3 is 2.86 bits per heavy atom. The third-order valence-electron chi connectivity index (χ3n) is 4.02. The predicted molar refractivity (Wildman–Crippen MR) is 79.2 cm³/mol. The van der Waals surface area contributed by atoms with Crippen LogP contribution in [0.2, 0.25) is 5.02 Å². The third-order valence-corrected chi connectivity index (χ3v) is 4.37. The van der Waals surface area contributed by atoms with Gasteiger partial charge in [-0.3, -0.25) is 0 Å². The van der Waals surface area contributed by atoms with Gasteiger partial charge in [0.25, 0.3) is 0 Å². The zero-order chi connectivity index (χ0) is 15.5. The summed E-state index contributed by atoms with van der Waals surface area (Å²) in [6.07, 6.45) is -0.218. The van der Waals surface area contributed by atoms with Crippen molar-refractivity contribution in [2.45, 2.75) is 25.4 Å². The predicted octanol–water partition coefficient (Wildman–Crippen LogP) is 2.92. The maximum Gasteiger partial charge on any atom is 0.404 e. The Labute approximate surface area is 129 Å². The SMILES string of the molecule is COCOC[C@H](c1ccccc1Cl)C1(C)CC1OC(N)=O. The Bertz CT molecular complexity index is 510. The number of nitrogens with two attached hydrogens (primary N) is 1. The fourth-order valence-corrected chi connectivity index (χ4v) is 2.93. The summed E-state index contributed by atoms with van der Waals surface area (Å²) in [7, 11) is 1.57. The summed E-state index contributed by atoms with van der Waals surface area (Å²) >= 11 is 6.30. The van der Waals surface area contributed by atoms with E-state index in [1.54, 1.807) is 7.11 Å². The summed E-state index contributed by atoms with van der Waals surface area (Å²) in [6.45, 7) is 2.69. The molecule has 1 fully saturated rings. The van der Waals surface area contributed by atoms with Crippen molar-refractivity contribution in [3.63, 3.8) is 0 Å². The first-order chi connectivity index (χ1) is 9.99. The van der Waals surface area contributed by atoms with Gasteiger partial charge in [-0.1, -0.05) is 36.7 Å². The molecular formula is C15H20ClNO4. The summed E-state index contributed by atoms with van der Waals surface area (Å²) in [5.41, 5.74) is 5.86. The molecule has 1 saturated carbocycles. The van der Waals surface area contributed by atoms with Crippen LogP contribution in [0.4, 0.5) is 4.79 Å². The number of primary amides is 1. The lowest BCUT2D eigenvalue weighted by atomic mass is 9.84. The molecule has 1 aromatic rings. The Morgan fingerprint density at radius 1 is 1.52 bits per heavy atom. The second-order valence-corrected chi connectivity index (χ2v) is 5.89. The average Bonchev–Trinajstić information content (AvgIpc) is 3.06. The van der Waals surface area contributed by atoms with Gasteiger partial charge in [0.05, 0.1) is 6.61 Å². The molecule has 3 atom stereocenters. The number of hydrogen-bond donors (Lipinski definition) is 1. The normalized spacial score (nSPS) is 25.4. The molecule has 0 aliphatic heterocycles. The zero-order valence-corrected chi connectivity index (χ0v) is 12.9. The number of carbonyl (C=O) groups excluding carboxylic acids is 1. The number of ether oxygens (including phenoxy) is 3. The largest absolute Gasteiger partial charge is 0.446 e. The maximum atomic E-state index is 10.9. The first kappa shape index (κ1) is 16.1. The summed E-state index contributed by atoms with van der Waals surface area (Å²) < 4.78 is 15.6. The molecular weight excluding hydrogens is 294 g/mol. The molecule has 1 aliphatic carbocycles. The lowest BCUT2D eigenvalue weighted by Gasteiger charge is -2.25. The highest BCUT2D eigenvalue weighted by Crippen LogP contribution is 2.58. The molecule has 2 unspecified atom stereocenters. The number of halogens is 1. The number of benzene rings is 1. The van der Waals surface area contributed by atoms with E-state index in [1.165, 1.54) is 0 Å². The van der Waals surface area contributed by atoms with Gasteiger partial charge in [0.2, 0.25) is 0 Å². The van der Waals surface area contributed by atoms with Crippen molar-refractivity contribution < 1.29 is 19.0 Å². The monoisotopic (exact) mass is 313 g/mol. The van der Waals surface area contributed by atoms with E-state index in [9.17, 15) is 4.79 Å². The van der Waals surface area contributed by atoms with Crippen LogP contribution in [0.1, 0.15) is 24.8 Å².